The number of hydrogen-bond acceptors (Lipinski definition) is 5. The maximum absolute atomic E-state index is 4.94. The van der Waals surface area contributed by atoms with Gasteiger partial charge < -0.3 is 5.32 Å². The molecule has 0 saturated carbocycles. The predicted molar refractivity (Wildman–Crippen MR) is 83.6 cm³/mol. The highest BCUT2D eigenvalue weighted by Crippen LogP contribution is 2.31. The Bertz CT molecular complexity index is 522. The van der Waals surface area contributed by atoms with Crippen LogP contribution in [0.3, 0.4) is 0 Å². The molecule has 5 rings (SSSR count). The molecule has 3 aliphatic heterocycles. The van der Waals surface area contributed by atoms with Gasteiger partial charge in [0.15, 0.2) is 0 Å². The first-order valence-corrected chi connectivity index (χ1v) is 8.45. The molecule has 4 heterocycles. The van der Waals surface area contributed by atoms with Gasteiger partial charge in [0, 0.05) is 50.5 Å². The summed E-state index contributed by atoms with van der Waals surface area (Å²) >= 11 is 0. The molecular formula is C16H25N5. The van der Waals surface area contributed by atoms with Crippen LogP contribution in [0.25, 0.3) is 0 Å². The normalized spacial score (nSPS) is 30.4. The van der Waals surface area contributed by atoms with Crippen LogP contribution in [-0.4, -0.2) is 59.0 Å². The second-order valence-corrected chi connectivity index (χ2v) is 6.49. The number of nitrogens with one attached hydrogen (secondary N) is 1. The highest BCUT2D eigenvalue weighted by atomic mass is 15.4. The van der Waals surface area contributed by atoms with Crippen molar-refractivity contribution in [1.29, 1.82) is 0 Å². The molecule has 0 spiro atoms. The standard InChI is InChI=1S/C16H25N5/c1-2-6-17-15-12-4-3-5-13(12)18-16(19-15)14-11-20-7-9-21(14)10-8-20/h14H,2-11H2,1H3,(H,17,18,19). The van der Waals surface area contributed by atoms with Crippen LogP contribution in [-0.2, 0) is 12.8 Å². The fraction of sp³-hybridized carbons (Fsp3) is 0.750. The van der Waals surface area contributed by atoms with Crippen LogP contribution in [0.2, 0.25) is 0 Å². The molecule has 1 aromatic rings. The molecule has 3 saturated heterocycles. The number of nitrogens with zero attached hydrogens (tertiary/aromatic N) is 4. The number of aryl methyl sites for hydroxylation is 1. The summed E-state index contributed by atoms with van der Waals surface area (Å²) in [6.07, 6.45) is 4.64. The van der Waals surface area contributed by atoms with Gasteiger partial charge in [-0.25, -0.2) is 9.97 Å². The number of hydrogen-bond donors (Lipinski definition) is 1. The summed E-state index contributed by atoms with van der Waals surface area (Å²) < 4.78 is 0. The molecule has 2 bridgehead atoms. The molecule has 1 aliphatic carbocycles. The van der Waals surface area contributed by atoms with Gasteiger partial charge in [-0.2, -0.15) is 0 Å². The lowest BCUT2D eigenvalue weighted by Gasteiger charge is -2.46. The smallest absolute Gasteiger partial charge is 0.149 e. The Morgan fingerprint density at radius 1 is 1.14 bits per heavy atom. The van der Waals surface area contributed by atoms with E-state index in [0.29, 0.717) is 6.04 Å². The van der Waals surface area contributed by atoms with Crippen molar-refractivity contribution in [2.24, 2.45) is 0 Å². The molecule has 21 heavy (non-hydrogen) atoms. The summed E-state index contributed by atoms with van der Waals surface area (Å²) in [5, 5.41) is 3.54. The average Bonchev–Trinajstić information content (AvgIpc) is 3.02. The lowest BCUT2D eigenvalue weighted by atomic mass is 10.1. The Morgan fingerprint density at radius 3 is 2.71 bits per heavy atom. The number of fused-ring (bicyclic) bond motifs is 4. The molecule has 1 unspecified atom stereocenters. The zero-order valence-electron chi connectivity index (χ0n) is 12.9. The van der Waals surface area contributed by atoms with Crippen molar-refractivity contribution in [2.75, 3.05) is 44.6 Å². The van der Waals surface area contributed by atoms with E-state index in [0.717, 1.165) is 44.0 Å². The molecular weight excluding hydrogens is 262 g/mol. The number of rotatable bonds is 4. The first-order chi connectivity index (χ1) is 10.3. The van der Waals surface area contributed by atoms with Crippen LogP contribution in [0.4, 0.5) is 5.82 Å². The minimum Gasteiger partial charge on any atom is -0.370 e. The van der Waals surface area contributed by atoms with Gasteiger partial charge >= 0.3 is 0 Å². The van der Waals surface area contributed by atoms with E-state index in [-0.39, 0.29) is 0 Å². The van der Waals surface area contributed by atoms with Gasteiger partial charge in [-0.15, -0.1) is 0 Å². The van der Waals surface area contributed by atoms with Crippen molar-refractivity contribution >= 4 is 5.82 Å². The SMILES string of the molecule is CCCNc1nc(C2CN3CCN2CC3)nc2c1CCC2. The van der Waals surface area contributed by atoms with Gasteiger partial charge in [0.05, 0.1) is 6.04 Å². The van der Waals surface area contributed by atoms with Crippen LogP contribution in [0.1, 0.15) is 42.9 Å². The van der Waals surface area contributed by atoms with Crippen molar-refractivity contribution in [3.8, 4) is 0 Å². The van der Waals surface area contributed by atoms with Gasteiger partial charge in [0.2, 0.25) is 0 Å². The molecule has 5 heteroatoms. The number of piperazine rings is 3. The molecule has 1 atom stereocenters. The van der Waals surface area contributed by atoms with E-state index in [9.17, 15) is 0 Å². The minimum absolute atomic E-state index is 0.403. The zero-order chi connectivity index (χ0) is 14.2. The topological polar surface area (TPSA) is 44.3 Å². The Balaban J connectivity index is 1.66. The Hall–Kier alpha value is -1.20. The van der Waals surface area contributed by atoms with E-state index in [1.807, 2.05) is 0 Å². The van der Waals surface area contributed by atoms with Crippen LogP contribution in [0.15, 0.2) is 0 Å². The van der Waals surface area contributed by atoms with Crippen LogP contribution < -0.4 is 5.32 Å². The summed E-state index contributed by atoms with van der Waals surface area (Å²) in [7, 11) is 0. The fourth-order valence-electron chi connectivity index (χ4n) is 3.85. The van der Waals surface area contributed by atoms with Crippen molar-refractivity contribution in [3.63, 3.8) is 0 Å². The fourth-order valence-corrected chi connectivity index (χ4v) is 3.85. The van der Waals surface area contributed by atoms with E-state index < -0.39 is 0 Å². The summed E-state index contributed by atoms with van der Waals surface area (Å²) in [5.41, 5.74) is 2.68. The molecule has 114 valence electrons. The average molecular weight is 287 g/mol. The maximum atomic E-state index is 4.94. The van der Waals surface area contributed by atoms with E-state index >= 15 is 0 Å². The van der Waals surface area contributed by atoms with E-state index in [1.165, 1.54) is 43.9 Å². The predicted octanol–water partition coefficient (Wildman–Crippen LogP) is 1.46. The third-order valence-corrected chi connectivity index (χ3v) is 5.07. The lowest BCUT2D eigenvalue weighted by molar-refractivity contribution is 0.00862. The minimum atomic E-state index is 0.403. The highest BCUT2D eigenvalue weighted by molar-refractivity contribution is 5.49. The molecule has 1 aromatic heterocycles. The van der Waals surface area contributed by atoms with Gasteiger partial charge in [0.25, 0.3) is 0 Å². The van der Waals surface area contributed by atoms with Crippen molar-refractivity contribution in [1.82, 2.24) is 19.8 Å². The maximum Gasteiger partial charge on any atom is 0.149 e. The van der Waals surface area contributed by atoms with Crippen molar-refractivity contribution in [2.45, 2.75) is 38.6 Å². The van der Waals surface area contributed by atoms with E-state index in [4.69, 9.17) is 9.97 Å². The molecule has 5 nitrogen and oxygen atoms in total. The Labute approximate surface area is 126 Å². The first kappa shape index (κ1) is 13.5. The van der Waals surface area contributed by atoms with Crippen molar-refractivity contribution in [3.05, 3.63) is 17.1 Å². The lowest BCUT2D eigenvalue weighted by Crippen LogP contribution is -2.57. The summed E-state index contributed by atoms with van der Waals surface area (Å²) in [4.78, 5) is 15.0. The monoisotopic (exact) mass is 287 g/mol. The van der Waals surface area contributed by atoms with Gasteiger partial charge in [-0.05, 0) is 25.7 Å². The quantitative estimate of drug-likeness (QED) is 0.908. The summed E-state index contributed by atoms with van der Waals surface area (Å²) in [6.45, 7) is 9.07. The van der Waals surface area contributed by atoms with Crippen LogP contribution >= 0.6 is 0 Å². The number of aromatic nitrogens is 2. The molecule has 0 amide bonds. The molecule has 3 fully saturated rings. The zero-order valence-corrected chi connectivity index (χ0v) is 12.9. The Morgan fingerprint density at radius 2 is 2.00 bits per heavy atom. The molecule has 0 radical (unpaired) electrons. The van der Waals surface area contributed by atoms with Gasteiger partial charge in [-0.1, -0.05) is 6.92 Å². The van der Waals surface area contributed by atoms with E-state index in [1.54, 1.807) is 0 Å². The highest BCUT2D eigenvalue weighted by Gasteiger charge is 2.35. The molecule has 0 aromatic carbocycles. The second-order valence-electron chi connectivity index (χ2n) is 6.49. The number of anilines is 1. The van der Waals surface area contributed by atoms with E-state index in [2.05, 4.69) is 22.0 Å². The van der Waals surface area contributed by atoms with Crippen LogP contribution in [0, 0.1) is 0 Å². The second kappa shape index (κ2) is 5.54. The Kier molecular flexibility index (Phi) is 3.55. The van der Waals surface area contributed by atoms with Crippen molar-refractivity contribution < 1.29 is 0 Å². The third kappa shape index (κ3) is 2.42. The first-order valence-electron chi connectivity index (χ1n) is 8.45. The third-order valence-electron chi connectivity index (χ3n) is 5.07. The van der Waals surface area contributed by atoms with Gasteiger partial charge in [-0.3, -0.25) is 9.80 Å². The molecule has 4 aliphatic rings. The van der Waals surface area contributed by atoms with Crippen LogP contribution in [0.5, 0.6) is 0 Å². The molecule has 1 N–H and O–H groups in total. The summed E-state index contributed by atoms with van der Waals surface area (Å²) in [5.74, 6) is 2.17. The van der Waals surface area contributed by atoms with Gasteiger partial charge in [0.1, 0.15) is 11.6 Å². The largest absolute Gasteiger partial charge is 0.370 e. The summed E-state index contributed by atoms with van der Waals surface area (Å²) in [6, 6.07) is 0.403.